The van der Waals surface area contributed by atoms with E-state index in [0.29, 0.717) is 12.1 Å². The molecule has 2 aliphatic rings. The van der Waals surface area contributed by atoms with Crippen LogP contribution in [0.3, 0.4) is 0 Å². The van der Waals surface area contributed by atoms with Crippen LogP contribution in [-0.2, 0) is 4.74 Å². The molecule has 78 valence electrons. The first-order valence-corrected chi connectivity index (χ1v) is 5.33. The number of hydrogen-bond donors (Lipinski definition) is 2. The summed E-state index contributed by atoms with van der Waals surface area (Å²) in [5.74, 6) is 0. The van der Waals surface area contributed by atoms with Crippen molar-refractivity contribution >= 4 is 0 Å². The lowest BCUT2D eigenvalue weighted by Gasteiger charge is -2.25. The molecule has 0 aliphatic carbocycles. The molecule has 0 saturated carbocycles. The highest BCUT2D eigenvalue weighted by molar-refractivity contribution is 4.70. The summed E-state index contributed by atoms with van der Waals surface area (Å²) in [7, 11) is 0. The average molecular weight is 186 g/mol. The second-order valence-electron chi connectivity index (χ2n) is 3.96. The van der Waals surface area contributed by atoms with Crippen LogP contribution in [0.25, 0.3) is 0 Å². The fourth-order valence-corrected chi connectivity index (χ4v) is 1.63. The maximum absolute atomic E-state index is 5.23. The molecule has 0 aromatic heterocycles. The van der Waals surface area contributed by atoms with Gasteiger partial charge in [-0.15, -0.1) is 0 Å². The van der Waals surface area contributed by atoms with E-state index >= 15 is 0 Å². The van der Waals surface area contributed by atoms with Gasteiger partial charge in [-0.3, -0.25) is 0 Å². The average Bonchev–Trinajstić information content (AvgIpc) is 2.59. The summed E-state index contributed by atoms with van der Waals surface area (Å²) >= 11 is 0. The molecule has 0 spiro atoms. The van der Waals surface area contributed by atoms with Crippen LogP contribution in [0.15, 0.2) is 0 Å². The Bertz CT molecular complexity index is 110. The van der Waals surface area contributed by atoms with E-state index in [4.69, 9.17) is 4.74 Å². The van der Waals surface area contributed by atoms with Gasteiger partial charge in [-0.25, -0.2) is 0 Å². The lowest BCUT2D eigenvalue weighted by atomic mass is 10.2. The van der Waals surface area contributed by atoms with Crippen LogP contribution in [0.5, 0.6) is 0 Å². The zero-order valence-corrected chi connectivity index (χ0v) is 8.81. The molecule has 2 unspecified atom stereocenters. The summed E-state index contributed by atoms with van der Waals surface area (Å²) in [6, 6.07) is 1.08. The molecule has 2 saturated heterocycles. The van der Waals surface area contributed by atoms with E-state index in [0.717, 1.165) is 13.2 Å². The molecule has 0 bridgehead atoms. The van der Waals surface area contributed by atoms with E-state index < -0.39 is 0 Å². The van der Waals surface area contributed by atoms with Crippen molar-refractivity contribution in [1.82, 2.24) is 10.6 Å². The molecule has 2 fully saturated rings. The quantitative estimate of drug-likeness (QED) is 0.586. The molecule has 0 aromatic rings. The highest BCUT2D eigenvalue weighted by Crippen LogP contribution is 1.96. The van der Waals surface area contributed by atoms with Crippen molar-refractivity contribution in [3.05, 3.63) is 0 Å². The first-order chi connectivity index (χ1) is 6.29. The Kier molecular flexibility index (Phi) is 5.35. The molecule has 13 heavy (non-hydrogen) atoms. The van der Waals surface area contributed by atoms with Crippen LogP contribution in [-0.4, -0.2) is 38.4 Å². The van der Waals surface area contributed by atoms with E-state index in [1.165, 1.54) is 25.9 Å². The predicted octanol–water partition coefficient (Wildman–Crippen LogP) is 0.753. The molecule has 0 aromatic carbocycles. The lowest BCUT2D eigenvalue weighted by Crippen LogP contribution is -2.45. The third-order valence-electron chi connectivity index (χ3n) is 2.26. The minimum absolute atomic E-state index is 0.541. The molecular weight excluding hydrogens is 164 g/mol. The summed E-state index contributed by atoms with van der Waals surface area (Å²) in [6.45, 7) is 8.50. The fourth-order valence-electron chi connectivity index (χ4n) is 1.63. The molecule has 3 heteroatoms. The Hall–Kier alpha value is -0.120. The van der Waals surface area contributed by atoms with E-state index in [-0.39, 0.29) is 0 Å². The second kappa shape index (κ2) is 6.35. The van der Waals surface area contributed by atoms with Crippen molar-refractivity contribution in [3.63, 3.8) is 0 Å². The van der Waals surface area contributed by atoms with Crippen LogP contribution < -0.4 is 10.6 Å². The summed E-state index contributed by atoms with van der Waals surface area (Å²) in [5.41, 5.74) is 0. The van der Waals surface area contributed by atoms with Gasteiger partial charge >= 0.3 is 0 Å². The van der Waals surface area contributed by atoms with Crippen LogP contribution >= 0.6 is 0 Å². The number of hydrogen-bond acceptors (Lipinski definition) is 3. The van der Waals surface area contributed by atoms with Crippen molar-refractivity contribution in [2.75, 3.05) is 26.3 Å². The van der Waals surface area contributed by atoms with Gasteiger partial charge in [0.05, 0.1) is 13.2 Å². The summed E-state index contributed by atoms with van der Waals surface area (Å²) in [5, 5.41) is 6.58. The zero-order chi connectivity index (χ0) is 9.52. The largest absolute Gasteiger partial charge is 0.378 e. The minimum atomic E-state index is 0.541. The second-order valence-corrected chi connectivity index (χ2v) is 3.96. The first kappa shape index (κ1) is 11.0. The number of nitrogens with one attached hydrogen (secondary N) is 2. The summed E-state index contributed by atoms with van der Waals surface area (Å²) in [6.07, 6.45) is 2.78. The molecule has 0 amide bonds. The van der Waals surface area contributed by atoms with Gasteiger partial charge in [0, 0.05) is 12.1 Å². The number of morpholine rings is 1. The van der Waals surface area contributed by atoms with Gasteiger partial charge < -0.3 is 15.4 Å². The summed E-state index contributed by atoms with van der Waals surface area (Å²) < 4.78 is 5.23. The molecule has 2 aliphatic heterocycles. The van der Waals surface area contributed by atoms with Gasteiger partial charge in [0.15, 0.2) is 0 Å². The van der Waals surface area contributed by atoms with Crippen LogP contribution in [0, 0.1) is 0 Å². The highest BCUT2D eigenvalue weighted by atomic mass is 16.5. The van der Waals surface area contributed by atoms with Gasteiger partial charge in [-0.2, -0.15) is 0 Å². The van der Waals surface area contributed by atoms with Gasteiger partial charge in [-0.1, -0.05) is 0 Å². The zero-order valence-electron chi connectivity index (χ0n) is 8.81. The number of rotatable bonds is 0. The Morgan fingerprint density at radius 2 is 1.54 bits per heavy atom. The van der Waals surface area contributed by atoms with Crippen molar-refractivity contribution in [2.45, 2.75) is 38.8 Å². The molecule has 2 N–H and O–H groups in total. The molecule has 0 radical (unpaired) electrons. The Labute approximate surface area is 81.2 Å². The first-order valence-electron chi connectivity index (χ1n) is 5.33. The molecule has 2 rings (SSSR count). The third-order valence-corrected chi connectivity index (χ3v) is 2.26. The topological polar surface area (TPSA) is 33.3 Å². The monoisotopic (exact) mass is 186 g/mol. The summed E-state index contributed by atoms with van der Waals surface area (Å²) in [4.78, 5) is 0. The van der Waals surface area contributed by atoms with Crippen LogP contribution in [0.1, 0.15) is 26.7 Å². The minimum Gasteiger partial charge on any atom is -0.378 e. The molecule has 3 nitrogen and oxygen atoms in total. The molecular formula is C10H22N2O. The van der Waals surface area contributed by atoms with Crippen molar-refractivity contribution in [2.24, 2.45) is 0 Å². The Morgan fingerprint density at radius 1 is 1.00 bits per heavy atom. The Balaban J connectivity index is 0.000000145. The van der Waals surface area contributed by atoms with Gasteiger partial charge in [0.1, 0.15) is 0 Å². The fraction of sp³-hybridized carbons (Fsp3) is 1.00. The van der Waals surface area contributed by atoms with E-state index in [9.17, 15) is 0 Å². The van der Waals surface area contributed by atoms with Crippen molar-refractivity contribution < 1.29 is 4.74 Å². The van der Waals surface area contributed by atoms with Crippen LogP contribution in [0.2, 0.25) is 0 Å². The lowest BCUT2D eigenvalue weighted by molar-refractivity contribution is 0.0560. The smallest absolute Gasteiger partial charge is 0.0617 e. The predicted molar refractivity (Wildman–Crippen MR) is 55.0 cm³/mol. The number of ether oxygens (including phenoxy) is 1. The SMILES string of the molecule is C1CCNC1.CC1COCC(C)N1. The van der Waals surface area contributed by atoms with Gasteiger partial charge in [0.25, 0.3) is 0 Å². The van der Waals surface area contributed by atoms with Gasteiger partial charge in [-0.05, 0) is 39.8 Å². The molecule has 2 heterocycles. The molecule has 2 atom stereocenters. The van der Waals surface area contributed by atoms with Crippen molar-refractivity contribution in [1.29, 1.82) is 0 Å². The normalized spacial score (nSPS) is 33.7. The van der Waals surface area contributed by atoms with Crippen LogP contribution in [0.4, 0.5) is 0 Å². The maximum atomic E-state index is 5.23. The van der Waals surface area contributed by atoms with Gasteiger partial charge in [0.2, 0.25) is 0 Å². The van der Waals surface area contributed by atoms with Crippen molar-refractivity contribution in [3.8, 4) is 0 Å². The highest BCUT2D eigenvalue weighted by Gasteiger charge is 2.12. The standard InChI is InChI=1S/C6H13NO.C4H9N/c1-5-3-8-4-6(2)7-5;1-2-4-5-3-1/h5-7H,3-4H2,1-2H3;5H,1-4H2. The van der Waals surface area contributed by atoms with E-state index in [1.54, 1.807) is 0 Å². The van der Waals surface area contributed by atoms with E-state index in [2.05, 4.69) is 24.5 Å². The third kappa shape index (κ3) is 5.24. The maximum Gasteiger partial charge on any atom is 0.0617 e. The Morgan fingerprint density at radius 3 is 1.77 bits per heavy atom. The van der Waals surface area contributed by atoms with E-state index in [1.807, 2.05) is 0 Å².